The molecular weight excluding hydrogens is 264 g/mol. The second kappa shape index (κ2) is 6.83. The van der Waals surface area contributed by atoms with Gasteiger partial charge in [-0.25, -0.2) is 9.97 Å². The maximum absolute atomic E-state index is 11.9. The second-order valence-electron chi connectivity index (χ2n) is 5.26. The zero-order valence-electron chi connectivity index (χ0n) is 12.6. The lowest BCUT2D eigenvalue weighted by molar-refractivity contribution is 0.0938. The minimum Gasteiger partial charge on any atom is -0.366 e. The molecule has 0 fully saturated rings. The number of benzene rings is 1. The average molecular weight is 284 g/mol. The molecule has 0 bridgehead atoms. The van der Waals surface area contributed by atoms with Crippen LogP contribution in [0.3, 0.4) is 0 Å². The van der Waals surface area contributed by atoms with Crippen LogP contribution in [0, 0.1) is 6.92 Å². The molecule has 0 atom stereocenters. The van der Waals surface area contributed by atoms with Crippen molar-refractivity contribution in [2.24, 2.45) is 0 Å². The molecule has 0 aliphatic heterocycles. The van der Waals surface area contributed by atoms with E-state index in [0.29, 0.717) is 18.1 Å². The number of aromatic nitrogens is 2. The Morgan fingerprint density at radius 2 is 2.05 bits per heavy atom. The van der Waals surface area contributed by atoms with Crippen LogP contribution in [0.4, 0.5) is 5.82 Å². The minimum atomic E-state index is -0.189. The number of aryl methyl sites for hydroxylation is 1. The van der Waals surface area contributed by atoms with Gasteiger partial charge in [0.25, 0.3) is 5.91 Å². The van der Waals surface area contributed by atoms with Crippen LogP contribution in [0.2, 0.25) is 0 Å². The van der Waals surface area contributed by atoms with E-state index in [1.54, 1.807) is 6.07 Å². The second-order valence-corrected chi connectivity index (χ2v) is 5.26. The number of anilines is 1. The molecule has 0 radical (unpaired) electrons. The molecule has 1 amide bonds. The molecule has 2 rings (SSSR count). The van der Waals surface area contributed by atoms with Crippen molar-refractivity contribution in [3.8, 4) is 0 Å². The molecule has 2 N–H and O–H groups in total. The summed E-state index contributed by atoms with van der Waals surface area (Å²) in [5, 5.41) is 6.02. The molecule has 5 nitrogen and oxygen atoms in total. The van der Waals surface area contributed by atoms with Crippen LogP contribution in [0.25, 0.3) is 0 Å². The fraction of sp³-hybridized carbons (Fsp3) is 0.312. The third kappa shape index (κ3) is 4.56. The summed E-state index contributed by atoms with van der Waals surface area (Å²) in [6.07, 6.45) is 1.40. The first kappa shape index (κ1) is 15.0. The van der Waals surface area contributed by atoms with Crippen molar-refractivity contribution in [1.29, 1.82) is 0 Å². The lowest BCUT2D eigenvalue weighted by Gasteiger charge is -2.09. The zero-order chi connectivity index (χ0) is 15.2. The normalized spacial score (nSPS) is 10.5. The maximum Gasteiger partial charge on any atom is 0.270 e. The molecule has 1 heterocycles. The predicted octanol–water partition coefficient (Wildman–Crippen LogP) is 2.54. The van der Waals surface area contributed by atoms with Crippen molar-refractivity contribution in [3.63, 3.8) is 0 Å². The topological polar surface area (TPSA) is 66.9 Å². The van der Waals surface area contributed by atoms with Crippen LogP contribution in [-0.4, -0.2) is 21.9 Å². The van der Waals surface area contributed by atoms with E-state index in [2.05, 4.69) is 39.7 Å². The highest BCUT2D eigenvalue weighted by Crippen LogP contribution is 2.09. The van der Waals surface area contributed by atoms with E-state index >= 15 is 0 Å². The Morgan fingerprint density at radius 3 is 2.76 bits per heavy atom. The molecule has 0 aliphatic carbocycles. The van der Waals surface area contributed by atoms with E-state index in [9.17, 15) is 4.79 Å². The summed E-state index contributed by atoms with van der Waals surface area (Å²) in [5.41, 5.74) is 2.75. The third-order valence-electron chi connectivity index (χ3n) is 2.88. The van der Waals surface area contributed by atoms with Crippen molar-refractivity contribution in [1.82, 2.24) is 15.3 Å². The SMILES string of the molecule is Cc1cccc(CNc2cc(C(=O)NC(C)C)ncn2)c1. The average Bonchev–Trinajstić information content (AvgIpc) is 2.45. The largest absolute Gasteiger partial charge is 0.366 e. The highest BCUT2D eigenvalue weighted by molar-refractivity contribution is 5.92. The van der Waals surface area contributed by atoms with Crippen molar-refractivity contribution in [3.05, 3.63) is 53.5 Å². The molecule has 1 aromatic heterocycles. The summed E-state index contributed by atoms with van der Waals surface area (Å²) < 4.78 is 0. The van der Waals surface area contributed by atoms with E-state index < -0.39 is 0 Å². The van der Waals surface area contributed by atoms with Gasteiger partial charge in [0.1, 0.15) is 17.8 Å². The van der Waals surface area contributed by atoms with E-state index in [0.717, 1.165) is 0 Å². The molecule has 5 heteroatoms. The maximum atomic E-state index is 11.9. The first-order valence-electron chi connectivity index (χ1n) is 6.97. The molecular formula is C16H20N4O. The summed E-state index contributed by atoms with van der Waals surface area (Å²) >= 11 is 0. The van der Waals surface area contributed by atoms with Crippen molar-refractivity contribution in [2.45, 2.75) is 33.4 Å². The van der Waals surface area contributed by atoms with Gasteiger partial charge in [0.2, 0.25) is 0 Å². The zero-order valence-corrected chi connectivity index (χ0v) is 12.6. The number of hydrogen-bond donors (Lipinski definition) is 2. The van der Waals surface area contributed by atoms with Gasteiger partial charge < -0.3 is 10.6 Å². The van der Waals surface area contributed by atoms with Gasteiger partial charge in [-0.2, -0.15) is 0 Å². The number of carbonyl (C=O) groups excluding carboxylic acids is 1. The Morgan fingerprint density at radius 1 is 1.24 bits per heavy atom. The third-order valence-corrected chi connectivity index (χ3v) is 2.88. The molecule has 0 unspecified atom stereocenters. The van der Waals surface area contributed by atoms with Gasteiger partial charge in [0.05, 0.1) is 0 Å². The molecule has 21 heavy (non-hydrogen) atoms. The van der Waals surface area contributed by atoms with E-state index in [4.69, 9.17) is 0 Å². The fourth-order valence-electron chi connectivity index (χ4n) is 1.93. The van der Waals surface area contributed by atoms with Gasteiger partial charge in [-0.3, -0.25) is 4.79 Å². The van der Waals surface area contributed by atoms with Crippen LogP contribution < -0.4 is 10.6 Å². The van der Waals surface area contributed by atoms with Crippen LogP contribution in [0.15, 0.2) is 36.7 Å². The van der Waals surface area contributed by atoms with Gasteiger partial charge in [0.15, 0.2) is 0 Å². The fourth-order valence-corrected chi connectivity index (χ4v) is 1.93. The molecule has 1 aromatic carbocycles. The summed E-state index contributed by atoms with van der Waals surface area (Å²) in [7, 11) is 0. The highest BCUT2D eigenvalue weighted by Gasteiger charge is 2.09. The van der Waals surface area contributed by atoms with Crippen LogP contribution >= 0.6 is 0 Å². The van der Waals surface area contributed by atoms with Gasteiger partial charge in [-0.15, -0.1) is 0 Å². The summed E-state index contributed by atoms with van der Waals surface area (Å²) in [4.78, 5) is 20.0. The molecule has 0 spiro atoms. The predicted molar refractivity (Wildman–Crippen MR) is 83.1 cm³/mol. The first-order valence-corrected chi connectivity index (χ1v) is 6.97. The molecule has 0 saturated heterocycles. The smallest absolute Gasteiger partial charge is 0.270 e. The van der Waals surface area contributed by atoms with Crippen LogP contribution in [0.1, 0.15) is 35.5 Å². The quantitative estimate of drug-likeness (QED) is 0.885. The number of amides is 1. The molecule has 110 valence electrons. The van der Waals surface area contributed by atoms with Crippen molar-refractivity contribution >= 4 is 11.7 Å². The Bertz CT molecular complexity index is 625. The van der Waals surface area contributed by atoms with Crippen molar-refractivity contribution in [2.75, 3.05) is 5.32 Å². The number of nitrogens with zero attached hydrogens (tertiary/aromatic N) is 2. The molecule has 0 saturated carbocycles. The lowest BCUT2D eigenvalue weighted by Crippen LogP contribution is -2.30. The Hall–Kier alpha value is -2.43. The van der Waals surface area contributed by atoms with E-state index in [1.165, 1.54) is 17.5 Å². The van der Waals surface area contributed by atoms with Crippen molar-refractivity contribution < 1.29 is 4.79 Å². The summed E-state index contributed by atoms with van der Waals surface area (Å²) in [6, 6.07) is 9.98. The number of nitrogens with one attached hydrogen (secondary N) is 2. The highest BCUT2D eigenvalue weighted by atomic mass is 16.1. The summed E-state index contributed by atoms with van der Waals surface area (Å²) in [6.45, 7) is 6.54. The lowest BCUT2D eigenvalue weighted by atomic mass is 10.1. The number of carbonyl (C=O) groups is 1. The van der Waals surface area contributed by atoms with Gasteiger partial charge in [0, 0.05) is 18.7 Å². The molecule has 2 aromatic rings. The first-order chi connectivity index (χ1) is 10.0. The molecule has 0 aliphatic rings. The summed E-state index contributed by atoms with van der Waals surface area (Å²) in [5.74, 6) is 0.450. The van der Waals surface area contributed by atoms with Crippen LogP contribution in [0.5, 0.6) is 0 Å². The monoisotopic (exact) mass is 284 g/mol. The number of rotatable bonds is 5. The van der Waals surface area contributed by atoms with E-state index in [1.807, 2.05) is 26.0 Å². The van der Waals surface area contributed by atoms with E-state index in [-0.39, 0.29) is 11.9 Å². The Balaban J connectivity index is 2.02. The van der Waals surface area contributed by atoms with Gasteiger partial charge >= 0.3 is 0 Å². The minimum absolute atomic E-state index is 0.0798. The van der Waals surface area contributed by atoms with Crippen LogP contribution in [-0.2, 0) is 6.54 Å². The van der Waals surface area contributed by atoms with Gasteiger partial charge in [-0.1, -0.05) is 29.8 Å². The Labute approximate surface area is 124 Å². The standard InChI is InChI=1S/C16H20N4O/c1-11(2)20-16(21)14-8-15(19-10-18-14)17-9-13-6-4-5-12(3)7-13/h4-8,10-11H,9H2,1-3H3,(H,20,21)(H,17,18,19). The Kier molecular flexibility index (Phi) is 4.87. The number of hydrogen-bond acceptors (Lipinski definition) is 4. The van der Waals surface area contributed by atoms with Gasteiger partial charge in [-0.05, 0) is 26.3 Å².